The first kappa shape index (κ1) is 13.6. The lowest BCUT2D eigenvalue weighted by molar-refractivity contribution is -0.390. The van der Waals surface area contributed by atoms with Crippen LogP contribution >= 0.6 is 0 Å². The van der Waals surface area contributed by atoms with Crippen LogP contribution in [0.25, 0.3) is 0 Å². The zero-order valence-electron chi connectivity index (χ0n) is 8.37. The Hall–Kier alpha value is -0.500. The van der Waals surface area contributed by atoms with E-state index in [4.69, 9.17) is 0 Å². The van der Waals surface area contributed by atoms with Gasteiger partial charge in [0.1, 0.15) is 0 Å². The maximum absolute atomic E-state index is 12.7. The molecular formula is C8H11F6NO. The quantitative estimate of drug-likeness (QED) is 0.759. The van der Waals surface area contributed by atoms with E-state index in [1.54, 1.807) is 0 Å². The van der Waals surface area contributed by atoms with Gasteiger partial charge in [-0.1, -0.05) is 0 Å². The lowest BCUT2D eigenvalue weighted by Gasteiger charge is -2.39. The zero-order valence-corrected chi connectivity index (χ0v) is 8.37. The van der Waals surface area contributed by atoms with Crippen LogP contribution in [0.15, 0.2) is 0 Å². The largest absolute Gasteiger partial charge is 0.426 e. The van der Waals surface area contributed by atoms with Crippen molar-refractivity contribution in [3.63, 3.8) is 0 Å². The van der Waals surface area contributed by atoms with Crippen molar-refractivity contribution >= 4 is 0 Å². The molecule has 1 aliphatic rings. The molecule has 0 aromatic rings. The van der Waals surface area contributed by atoms with Crippen LogP contribution in [0.2, 0.25) is 0 Å². The highest BCUT2D eigenvalue weighted by molar-refractivity contribution is 5.03. The molecule has 0 aliphatic carbocycles. The maximum Gasteiger partial charge on any atom is 0.426 e. The number of rotatable bonds is 2. The van der Waals surface area contributed by atoms with Crippen LogP contribution in [0.5, 0.6) is 0 Å². The number of alkyl halides is 6. The van der Waals surface area contributed by atoms with E-state index in [1.165, 1.54) is 0 Å². The highest BCUT2D eigenvalue weighted by Crippen LogP contribution is 2.51. The molecule has 0 aromatic heterocycles. The number of hydrogen-bond acceptors (Lipinski definition) is 2. The molecule has 1 fully saturated rings. The molecule has 0 unspecified atom stereocenters. The van der Waals surface area contributed by atoms with Crippen molar-refractivity contribution in [3.8, 4) is 0 Å². The van der Waals surface area contributed by atoms with Crippen LogP contribution in [0.1, 0.15) is 6.42 Å². The van der Waals surface area contributed by atoms with E-state index < -0.39 is 23.9 Å². The summed E-state index contributed by atoms with van der Waals surface area (Å²) in [7, 11) is 0.444. The van der Waals surface area contributed by atoms with Crippen LogP contribution in [0.4, 0.5) is 26.3 Å². The van der Waals surface area contributed by atoms with E-state index >= 15 is 0 Å². The standard InChI is InChI=1S/C8H11F6NO/c1-16-6(7(9,10)11,8(12,13)14)5-2-3-15-4-5/h5,15H,2-4H2,1H3/t5-/m1/s1. The molecule has 0 spiro atoms. The third kappa shape index (κ3) is 1.88. The summed E-state index contributed by atoms with van der Waals surface area (Å²) < 4.78 is 79.8. The van der Waals surface area contributed by atoms with Gasteiger partial charge in [0, 0.05) is 19.6 Å². The topological polar surface area (TPSA) is 21.3 Å². The summed E-state index contributed by atoms with van der Waals surface area (Å²) in [6.07, 6.45) is -11.2. The van der Waals surface area contributed by atoms with Crippen molar-refractivity contribution in [2.45, 2.75) is 24.4 Å². The minimum absolute atomic E-state index is 0.127. The molecule has 0 amide bonds. The van der Waals surface area contributed by atoms with Crippen molar-refractivity contribution in [1.29, 1.82) is 0 Å². The van der Waals surface area contributed by atoms with Gasteiger partial charge in [0.15, 0.2) is 0 Å². The molecule has 1 rings (SSSR count). The van der Waals surface area contributed by atoms with E-state index in [2.05, 4.69) is 10.1 Å². The van der Waals surface area contributed by atoms with Crippen LogP contribution in [-0.2, 0) is 4.74 Å². The van der Waals surface area contributed by atoms with E-state index in [0.717, 1.165) is 0 Å². The average Bonchev–Trinajstić information content (AvgIpc) is 2.53. The second kappa shape index (κ2) is 4.06. The Bertz CT molecular complexity index is 228. The van der Waals surface area contributed by atoms with Gasteiger partial charge < -0.3 is 10.1 Å². The van der Waals surface area contributed by atoms with Crippen LogP contribution < -0.4 is 5.32 Å². The second-order valence-electron chi connectivity index (χ2n) is 3.63. The molecule has 0 bridgehead atoms. The fourth-order valence-corrected chi connectivity index (χ4v) is 2.02. The minimum Gasteiger partial charge on any atom is -0.361 e. The van der Waals surface area contributed by atoms with Gasteiger partial charge in [-0.25, -0.2) is 0 Å². The minimum atomic E-state index is -5.48. The molecule has 96 valence electrons. The van der Waals surface area contributed by atoms with E-state index in [1.807, 2.05) is 0 Å². The van der Waals surface area contributed by atoms with Gasteiger partial charge in [-0.3, -0.25) is 0 Å². The van der Waals surface area contributed by atoms with Gasteiger partial charge >= 0.3 is 12.4 Å². The summed E-state index contributed by atoms with van der Waals surface area (Å²) >= 11 is 0. The summed E-state index contributed by atoms with van der Waals surface area (Å²) in [5.74, 6) is -1.64. The number of halogens is 6. The molecular weight excluding hydrogens is 240 g/mol. The van der Waals surface area contributed by atoms with Gasteiger partial charge in [0.25, 0.3) is 5.60 Å². The lowest BCUT2D eigenvalue weighted by atomic mass is 9.85. The molecule has 0 saturated carbocycles. The molecule has 1 saturated heterocycles. The Balaban J connectivity index is 3.18. The van der Waals surface area contributed by atoms with Crippen molar-refractivity contribution in [2.75, 3.05) is 20.2 Å². The molecule has 1 aliphatic heterocycles. The van der Waals surface area contributed by atoms with Crippen LogP contribution in [0.3, 0.4) is 0 Å². The van der Waals surface area contributed by atoms with Gasteiger partial charge in [0.05, 0.1) is 0 Å². The molecule has 8 heteroatoms. The Labute approximate surface area is 87.9 Å². The first-order valence-corrected chi connectivity index (χ1v) is 4.56. The fourth-order valence-electron chi connectivity index (χ4n) is 2.02. The smallest absolute Gasteiger partial charge is 0.361 e. The summed E-state index contributed by atoms with van der Waals surface area (Å²) in [5, 5.41) is 2.48. The molecule has 16 heavy (non-hydrogen) atoms. The van der Waals surface area contributed by atoms with E-state index in [0.29, 0.717) is 7.11 Å². The normalized spacial score (nSPS) is 23.8. The number of methoxy groups -OCH3 is 1. The molecule has 0 aromatic carbocycles. The molecule has 1 N–H and O–H groups in total. The zero-order chi connectivity index (χ0) is 12.6. The highest BCUT2D eigenvalue weighted by Gasteiger charge is 2.75. The predicted octanol–water partition coefficient (Wildman–Crippen LogP) is 2.11. The maximum atomic E-state index is 12.7. The third-order valence-electron chi connectivity index (χ3n) is 2.80. The average molecular weight is 251 g/mol. The summed E-state index contributed by atoms with van der Waals surface area (Å²) in [4.78, 5) is 0. The van der Waals surface area contributed by atoms with E-state index in [9.17, 15) is 26.3 Å². The summed E-state index contributed by atoms with van der Waals surface area (Å²) in [5.41, 5.74) is -4.07. The summed E-state index contributed by atoms with van der Waals surface area (Å²) in [6.45, 7) is -0.227. The molecule has 1 heterocycles. The SMILES string of the molecule is COC([C@@H]1CCNC1)(C(F)(F)F)C(F)(F)F. The molecule has 2 nitrogen and oxygen atoms in total. The Morgan fingerprint density at radius 3 is 1.81 bits per heavy atom. The Kier molecular flexibility index (Phi) is 3.45. The molecule has 1 atom stereocenters. The van der Waals surface area contributed by atoms with Crippen molar-refractivity contribution in [1.82, 2.24) is 5.32 Å². The molecule has 0 radical (unpaired) electrons. The van der Waals surface area contributed by atoms with Crippen LogP contribution in [0, 0.1) is 5.92 Å². The first-order chi connectivity index (χ1) is 7.17. The monoisotopic (exact) mass is 251 g/mol. The first-order valence-electron chi connectivity index (χ1n) is 4.56. The van der Waals surface area contributed by atoms with Crippen LogP contribution in [-0.4, -0.2) is 38.2 Å². The Morgan fingerprint density at radius 1 is 1.06 bits per heavy atom. The second-order valence-corrected chi connectivity index (χ2v) is 3.63. The third-order valence-corrected chi connectivity index (χ3v) is 2.80. The fraction of sp³-hybridized carbons (Fsp3) is 1.00. The predicted molar refractivity (Wildman–Crippen MR) is 42.8 cm³/mol. The number of hydrogen-bond donors (Lipinski definition) is 1. The van der Waals surface area contributed by atoms with Gasteiger partial charge in [-0.05, 0) is 13.0 Å². The Morgan fingerprint density at radius 2 is 1.56 bits per heavy atom. The number of ether oxygens (including phenoxy) is 1. The van der Waals surface area contributed by atoms with Crippen molar-refractivity contribution < 1.29 is 31.1 Å². The van der Waals surface area contributed by atoms with E-state index in [-0.39, 0.29) is 19.5 Å². The van der Waals surface area contributed by atoms with Crippen molar-refractivity contribution in [3.05, 3.63) is 0 Å². The van der Waals surface area contributed by atoms with Gasteiger partial charge in [-0.2, -0.15) is 26.3 Å². The highest BCUT2D eigenvalue weighted by atomic mass is 19.4. The summed E-state index contributed by atoms with van der Waals surface area (Å²) in [6, 6.07) is 0. The van der Waals surface area contributed by atoms with Crippen molar-refractivity contribution in [2.24, 2.45) is 5.92 Å². The van der Waals surface area contributed by atoms with Gasteiger partial charge in [-0.15, -0.1) is 0 Å². The lowest BCUT2D eigenvalue weighted by Crippen LogP contribution is -2.63. The number of nitrogens with one attached hydrogen (secondary N) is 1. The van der Waals surface area contributed by atoms with Gasteiger partial charge in [0.2, 0.25) is 0 Å².